The molecule has 0 saturated carbocycles. The summed E-state index contributed by atoms with van der Waals surface area (Å²) in [6, 6.07) is 0.338. The number of morpholine rings is 1. The lowest BCUT2D eigenvalue weighted by molar-refractivity contribution is -0.0175. The maximum atomic E-state index is 5.40. The molecule has 0 bridgehead atoms. The maximum Gasteiger partial charge on any atom is 0.0594 e. The van der Waals surface area contributed by atoms with Crippen molar-refractivity contribution in [2.45, 2.75) is 38.8 Å². The van der Waals surface area contributed by atoms with Crippen molar-refractivity contribution in [1.29, 1.82) is 0 Å². The minimum atomic E-state index is 0.112. The van der Waals surface area contributed by atoms with Crippen LogP contribution in [0.4, 0.5) is 0 Å². The Bertz CT molecular complexity index is 210. The number of ether oxygens (including phenoxy) is 1. The fraction of sp³-hybridized carbons (Fsp3) is 0.846. The molecule has 1 fully saturated rings. The molecule has 0 aromatic heterocycles. The van der Waals surface area contributed by atoms with E-state index in [1.165, 1.54) is 0 Å². The van der Waals surface area contributed by atoms with Gasteiger partial charge in [-0.1, -0.05) is 13.0 Å². The van der Waals surface area contributed by atoms with E-state index in [-0.39, 0.29) is 5.54 Å². The first-order chi connectivity index (χ1) is 7.62. The van der Waals surface area contributed by atoms with Gasteiger partial charge in [-0.15, -0.1) is 6.58 Å². The van der Waals surface area contributed by atoms with Gasteiger partial charge in [0.25, 0.3) is 0 Å². The Morgan fingerprint density at radius 3 is 2.56 bits per heavy atom. The van der Waals surface area contributed by atoms with Crippen molar-refractivity contribution < 1.29 is 4.74 Å². The monoisotopic (exact) mass is 226 g/mol. The van der Waals surface area contributed by atoms with Crippen molar-refractivity contribution in [2.24, 2.45) is 0 Å². The van der Waals surface area contributed by atoms with Crippen LogP contribution in [0.25, 0.3) is 0 Å². The molecule has 0 aliphatic carbocycles. The zero-order valence-electron chi connectivity index (χ0n) is 11.0. The Morgan fingerprint density at radius 2 is 2.06 bits per heavy atom. The Morgan fingerprint density at radius 1 is 1.44 bits per heavy atom. The van der Waals surface area contributed by atoms with E-state index in [4.69, 9.17) is 4.74 Å². The van der Waals surface area contributed by atoms with Crippen molar-refractivity contribution in [3.63, 3.8) is 0 Å². The molecule has 0 amide bonds. The molecule has 1 N–H and O–H groups in total. The van der Waals surface area contributed by atoms with E-state index in [1.54, 1.807) is 0 Å². The highest BCUT2D eigenvalue weighted by Crippen LogP contribution is 2.21. The molecule has 1 heterocycles. The number of hydrogen-bond acceptors (Lipinski definition) is 3. The third-order valence-electron chi connectivity index (χ3n) is 3.44. The van der Waals surface area contributed by atoms with E-state index in [0.29, 0.717) is 6.04 Å². The summed E-state index contributed by atoms with van der Waals surface area (Å²) in [5.74, 6) is 0. The van der Waals surface area contributed by atoms with Gasteiger partial charge in [-0.05, 0) is 26.8 Å². The first-order valence-corrected chi connectivity index (χ1v) is 6.31. The van der Waals surface area contributed by atoms with Crippen molar-refractivity contribution >= 4 is 0 Å². The van der Waals surface area contributed by atoms with E-state index in [2.05, 4.69) is 37.6 Å². The molecular weight excluding hydrogens is 200 g/mol. The van der Waals surface area contributed by atoms with E-state index in [1.807, 2.05) is 6.08 Å². The summed E-state index contributed by atoms with van der Waals surface area (Å²) in [5.41, 5.74) is 0.112. The second-order valence-electron chi connectivity index (χ2n) is 4.92. The number of hydrogen-bond donors (Lipinski definition) is 1. The smallest absolute Gasteiger partial charge is 0.0594 e. The molecule has 1 aliphatic rings. The molecule has 1 atom stereocenters. The molecule has 3 heteroatoms. The van der Waals surface area contributed by atoms with E-state index < -0.39 is 0 Å². The molecule has 1 saturated heterocycles. The fourth-order valence-corrected chi connectivity index (χ4v) is 2.26. The van der Waals surface area contributed by atoms with Gasteiger partial charge in [0.15, 0.2) is 0 Å². The number of rotatable bonds is 6. The normalized spacial score (nSPS) is 20.7. The van der Waals surface area contributed by atoms with Crippen molar-refractivity contribution in [3.05, 3.63) is 12.7 Å². The standard InChI is InChI=1S/C13H26N2O/c1-5-7-14-12(6-2)13(3,4)15-8-10-16-11-9-15/h6,12,14H,2,5,7-11H2,1,3-4H3. The topological polar surface area (TPSA) is 24.5 Å². The Labute approximate surface area is 99.8 Å². The molecule has 0 aromatic carbocycles. The van der Waals surface area contributed by atoms with E-state index >= 15 is 0 Å². The third kappa shape index (κ3) is 3.30. The SMILES string of the molecule is C=CC(NCCC)C(C)(C)N1CCOCC1. The van der Waals surface area contributed by atoms with Crippen molar-refractivity contribution in [2.75, 3.05) is 32.8 Å². The van der Waals surface area contributed by atoms with E-state index in [0.717, 1.165) is 39.3 Å². The molecule has 0 aromatic rings. The maximum absolute atomic E-state index is 5.40. The molecule has 0 radical (unpaired) electrons. The van der Waals surface area contributed by atoms with Crippen LogP contribution in [0.15, 0.2) is 12.7 Å². The predicted octanol–water partition coefficient (Wildman–Crippen LogP) is 1.65. The third-order valence-corrected chi connectivity index (χ3v) is 3.44. The van der Waals surface area contributed by atoms with Crippen LogP contribution in [0, 0.1) is 0 Å². The average Bonchev–Trinajstić information content (AvgIpc) is 2.31. The molecule has 1 aliphatic heterocycles. The second-order valence-corrected chi connectivity index (χ2v) is 4.92. The summed E-state index contributed by atoms with van der Waals surface area (Å²) >= 11 is 0. The number of nitrogens with one attached hydrogen (secondary N) is 1. The molecule has 1 unspecified atom stereocenters. The van der Waals surface area contributed by atoms with Gasteiger partial charge < -0.3 is 10.1 Å². The van der Waals surface area contributed by atoms with Crippen molar-refractivity contribution in [3.8, 4) is 0 Å². The lowest BCUT2D eigenvalue weighted by Crippen LogP contribution is -2.59. The minimum Gasteiger partial charge on any atom is -0.379 e. The van der Waals surface area contributed by atoms with Crippen LogP contribution in [0.5, 0.6) is 0 Å². The van der Waals surface area contributed by atoms with Gasteiger partial charge in [0, 0.05) is 24.7 Å². The lowest BCUT2D eigenvalue weighted by atomic mass is 9.91. The highest BCUT2D eigenvalue weighted by atomic mass is 16.5. The van der Waals surface area contributed by atoms with Crippen molar-refractivity contribution in [1.82, 2.24) is 10.2 Å². The highest BCUT2D eigenvalue weighted by molar-refractivity contribution is 5.03. The molecule has 16 heavy (non-hydrogen) atoms. The Balaban J connectivity index is 2.59. The zero-order valence-corrected chi connectivity index (χ0v) is 11.0. The van der Waals surface area contributed by atoms with Crippen LogP contribution < -0.4 is 5.32 Å². The van der Waals surface area contributed by atoms with Gasteiger partial charge in [0.05, 0.1) is 13.2 Å². The van der Waals surface area contributed by atoms with Gasteiger partial charge >= 0.3 is 0 Å². The molecule has 0 spiro atoms. The van der Waals surface area contributed by atoms with Gasteiger partial charge in [-0.2, -0.15) is 0 Å². The van der Waals surface area contributed by atoms with Crippen LogP contribution in [0.1, 0.15) is 27.2 Å². The summed E-state index contributed by atoms with van der Waals surface area (Å²) in [4.78, 5) is 2.49. The van der Waals surface area contributed by atoms with Gasteiger partial charge in [0.1, 0.15) is 0 Å². The fourth-order valence-electron chi connectivity index (χ4n) is 2.26. The van der Waals surface area contributed by atoms with Crippen LogP contribution >= 0.6 is 0 Å². The molecule has 94 valence electrons. The second kappa shape index (κ2) is 6.38. The summed E-state index contributed by atoms with van der Waals surface area (Å²) < 4.78 is 5.40. The van der Waals surface area contributed by atoms with Gasteiger partial charge in [-0.25, -0.2) is 0 Å². The van der Waals surface area contributed by atoms with Crippen LogP contribution in [0.2, 0.25) is 0 Å². The largest absolute Gasteiger partial charge is 0.379 e. The first-order valence-electron chi connectivity index (χ1n) is 6.31. The van der Waals surface area contributed by atoms with Crippen LogP contribution in [-0.2, 0) is 4.74 Å². The summed E-state index contributed by atoms with van der Waals surface area (Å²) in [5, 5.41) is 3.56. The summed E-state index contributed by atoms with van der Waals surface area (Å²) in [6.07, 6.45) is 3.19. The van der Waals surface area contributed by atoms with Gasteiger partial charge in [-0.3, -0.25) is 4.90 Å². The average molecular weight is 226 g/mol. The molecular formula is C13H26N2O. The Hall–Kier alpha value is -0.380. The summed E-state index contributed by atoms with van der Waals surface area (Å²) in [7, 11) is 0. The first kappa shape index (κ1) is 13.7. The molecule has 3 nitrogen and oxygen atoms in total. The lowest BCUT2D eigenvalue weighted by Gasteiger charge is -2.45. The quantitative estimate of drug-likeness (QED) is 0.697. The van der Waals surface area contributed by atoms with E-state index in [9.17, 15) is 0 Å². The zero-order chi connectivity index (χ0) is 12.0. The predicted molar refractivity (Wildman–Crippen MR) is 68.7 cm³/mol. The minimum absolute atomic E-state index is 0.112. The number of nitrogens with zero attached hydrogens (tertiary/aromatic N) is 1. The molecule has 1 rings (SSSR count). The Kier molecular flexibility index (Phi) is 5.46. The van der Waals surface area contributed by atoms with Crippen LogP contribution in [0.3, 0.4) is 0 Å². The summed E-state index contributed by atoms with van der Waals surface area (Å²) in [6.45, 7) is 15.5. The highest BCUT2D eigenvalue weighted by Gasteiger charge is 2.34. The van der Waals surface area contributed by atoms with Gasteiger partial charge in [0.2, 0.25) is 0 Å². The van der Waals surface area contributed by atoms with Crippen LogP contribution in [-0.4, -0.2) is 49.3 Å².